The second kappa shape index (κ2) is 5.50. The van der Waals surface area contributed by atoms with Crippen molar-refractivity contribution in [1.82, 2.24) is 4.90 Å². The molecule has 4 rings (SSSR count). The van der Waals surface area contributed by atoms with Gasteiger partial charge in [-0.2, -0.15) is 0 Å². The summed E-state index contributed by atoms with van der Waals surface area (Å²) in [6.07, 6.45) is 1.33. The van der Waals surface area contributed by atoms with Crippen molar-refractivity contribution in [3.05, 3.63) is 23.8 Å². The largest absolute Gasteiger partial charge is 0.482 e. The van der Waals surface area contributed by atoms with Gasteiger partial charge in [-0.15, -0.1) is 0 Å². The van der Waals surface area contributed by atoms with Crippen LogP contribution in [0.25, 0.3) is 0 Å². The number of hydrogen-bond acceptors (Lipinski definition) is 5. The number of amides is 2. The molecular formula is C16H18N2O5. The van der Waals surface area contributed by atoms with Crippen LogP contribution in [0.15, 0.2) is 18.2 Å². The van der Waals surface area contributed by atoms with E-state index in [4.69, 9.17) is 14.2 Å². The molecule has 0 unspecified atom stereocenters. The second-order valence-corrected chi connectivity index (χ2v) is 5.92. The van der Waals surface area contributed by atoms with E-state index in [2.05, 4.69) is 5.32 Å². The van der Waals surface area contributed by atoms with Gasteiger partial charge in [0.1, 0.15) is 5.75 Å². The zero-order chi connectivity index (χ0) is 15.9. The van der Waals surface area contributed by atoms with Gasteiger partial charge in [0.05, 0.1) is 24.5 Å². The number of hydrogen-bond donors (Lipinski definition) is 1. The first-order valence-corrected chi connectivity index (χ1v) is 7.80. The van der Waals surface area contributed by atoms with E-state index in [9.17, 15) is 9.59 Å². The number of para-hydroxylation sites is 1. The maximum Gasteiger partial charge on any atom is 0.262 e. The molecule has 23 heavy (non-hydrogen) atoms. The van der Waals surface area contributed by atoms with Gasteiger partial charge in [0.25, 0.3) is 11.8 Å². The second-order valence-electron chi connectivity index (χ2n) is 5.92. The topological polar surface area (TPSA) is 77.1 Å². The molecule has 3 aliphatic rings. The van der Waals surface area contributed by atoms with Crippen LogP contribution in [0.1, 0.15) is 23.2 Å². The Balaban J connectivity index is 1.53. The van der Waals surface area contributed by atoms with Gasteiger partial charge < -0.3 is 24.4 Å². The summed E-state index contributed by atoms with van der Waals surface area (Å²) in [4.78, 5) is 26.1. The maximum absolute atomic E-state index is 12.8. The lowest BCUT2D eigenvalue weighted by molar-refractivity contribution is -0.181. The molecule has 3 heterocycles. The highest BCUT2D eigenvalue weighted by molar-refractivity contribution is 6.06. The number of ether oxygens (including phenoxy) is 3. The monoisotopic (exact) mass is 318 g/mol. The van der Waals surface area contributed by atoms with Crippen molar-refractivity contribution >= 4 is 17.5 Å². The number of carbonyl (C=O) groups excluding carboxylic acids is 2. The van der Waals surface area contributed by atoms with E-state index in [1.54, 1.807) is 23.1 Å². The van der Waals surface area contributed by atoms with Crippen molar-refractivity contribution in [3.63, 3.8) is 0 Å². The lowest BCUT2D eigenvalue weighted by atomic mass is 10.0. The summed E-state index contributed by atoms with van der Waals surface area (Å²) in [5.41, 5.74) is 0.919. The van der Waals surface area contributed by atoms with Gasteiger partial charge in [0.15, 0.2) is 12.4 Å². The molecule has 122 valence electrons. The minimum Gasteiger partial charge on any atom is -0.482 e. The van der Waals surface area contributed by atoms with Crippen molar-refractivity contribution in [2.24, 2.45) is 0 Å². The number of piperidine rings is 1. The Labute approximate surface area is 133 Å². The minimum absolute atomic E-state index is 0.0223. The molecule has 0 bridgehead atoms. The fourth-order valence-electron chi connectivity index (χ4n) is 3.28. The molecule has 0 saturated carbocycles. The summed E-state index contributed by atoms with van der Waals surface area (Å²) in [6, 6.07) is 5.22. The lowest BCUT2D eigenvalue weighted by Gasteiger charge is -2.37. The molecule has 0 aliphatic carbocycles. The molecule has 1 aromatic carbocycles. The van der Waals surface area contributed by atoms with Crippen LogP contribution in [0, 0.1) is 0 Å². The number of carbonyl (C=O) groups is 2. The predicted octanol–water partition coefficient (Wildman–Crippen LogP) is 0.997. The Hall–Kier alpha value is -2.12. The Morgan fingerprint density at radius 1 is 1.17 bits per heavy atom. The summed E-state index contributed by atoms with van der Waals surface area (Å²) in [5, 5.41) is 2.74. The average Bonchev–Trinajstić information content (AvgIpc) is 3.02. The Bertz CT molecular complexity index is 644. The fourth-order valence-corrected chi connectivity index (χ4v) is 3.28. The highest BCUT2D eigenvalue weighted by atomic mass is 16.7. The molecule has 2 amide bonds. The van der Waals surface area contributed by atoms with Crippen LogP contribution in [0.5, 0.6) is 5.75 Å². The first kappa shape index (κ1) is 14.5. The predicted molar refractivity (Wildman–Crippen MR) is 80.3 cm³/mol. The van der Waals surface area contributed by atoms with Crippen LogP contribution in [0.4, 0.5) is 5.69 Å². The molecular weight excluding hydrogens is 300 g/mol. The number of likely N-dealkylation sites (tertiary alicyclic amines) is 1. The molecule has 3 aliphatic heterocycles. The fraction of sp³-hybridized carbons (Fsp3) is 0.500. The van der Waals surface area contributed by atoms with Gasteiger partial charge in [-0.05, 0) is 12.1 Å². The van der Waals surface area contributed by atoms with E-state index in [1.807, 2.05) is 0 Å². The van der Waals surface area contributed by atoms with Crippen molar-refractivity contribution in [1.29, 1.82) is 0 Å². The van der Waals surface area contributed by atoms with Crippen LogP contribution >= 0.6 is 0 Å². The molecule has 0 aromatic heterocycles. The highest BCUT2D eigenvalue weighted by Gasteiger charge is 2.41. The number of fused-ring (bicyclic) bond motifs is 1. The van der Waals surface area contributed by atoms with Crippen molar-refractivity contribution in [2.45, 2.75) is 18.6 Å². The highest BCUT2D eigenvalue weighted by Crippen LogP contribution is 2.35. The number of rotatable bonds is 1. The van der Waals surface area contributed by atoms with Crippen molar-refractivity contribution < 1.29 is 23.8 Å². The molecule has 2 fully saturated rings. The summed E-state index contributed by atoms with van der Waals surface area (Å²) >= 11 is 0. The third-order valence-corrected chi connectivity index (χ3v) is 4.51. The average molecular weight is 318 g/mol. The first-order valence-electron chi connectivity index (χ1n) is 7.80. The standard InChI is InChI=1S/C16H18N2O5/c19-13-10-21-12-3-1-2-11(14(12)17-13)15(20)18-6-4-16(5-7-18)22-8-9-23-16/h1-3H,4-10H2,(H,17,19). The zero-order valence-corrected chi connectivity index (χ0v) is 12.7. The molecule has 2 saturated heterocycles. The molecule has 0 radical (unpaired) electrons. The van der Waals surface area contributed by atoms with Crippen LogP contribution in [0.3, 0.4) is 0 Å². The quantitative estimate of drug-likeness (QED) is 0.836. The van der Waals surface area contributed by atoms with Crippen molar-refractivity contribution in [2.75, 3.05) is 38.2 Å². The van der Waals surface area contributed by atoms with Gasteiger partial charge in [0, 0.05) is 25.9 Å². The van der Waals surface area contributed by atoms with Crippen molar-refractivity contribution in [3.8, 4) is 5.75 Å². The van der Waals surface area contributed by atoms with E-state index in [0.29, 0.717) is 56.1 Å². The molecule has 7 nitrogen and oxygen atoms in total. The third kappa shape index (κ3) is 2.55. The van der Waals surface area contributed by atoms with Crippen LogP contribution in [-0.2, 0) is 14.3 Å². The summed E-state index contributed by atoms with van der Waals surface area (Å²) in [5.74, 6) is -0.334. The normalized spacial score (nSPS) is 22.4. The maximum atomic E-state index is 12.8. The molecule has 1 spiro atoms. The number of anilines is 1. The van der Waals surface area contributed by atoms with Gasteiger partial charge >= 0.3 is 0 Å². The Kier molecular flexibility index (Phi) is 3.46. The third-order valence-electron chi connectivity index (χ3n) is 4.51. The van der Waals surface area contributed by atoms with Crippen LogP contribution < -0.4 is 10.1 Å². The smallest absolute Gasteiger partial charge is 0.262 e. The zero-order valence-electron chi connectivity index (χ0n) is 12.7. The minimum atomic E-state index is -0.510. The van der Waals surface area contributed by atoms with Gasteiger partial charge in [-0.1, -0.05) is 6.07 Å². The van der Waals surface area contributed by atoms with E-state index >= 15 is 0 Å². The van der Waals surface area contributed by atoms with Gasteiger partial charge in [-0.3, -0.25) is 9.59 Å². The molecule has 1 N–H and O–H groups in total. The summed E-state index contributed by atoms with van der Waals surface area (Å²) in [6.45, 7) is 2.34. The summed E-state index contributed by atoms with van der Waals surface area (Å²) in [7, 11) is 0. The summed E-state index contributed by atoms with van der Waals surface area (Å²) < 4.78 is 16.7. The lowest BCUT2D eigenvalue weighted by Crippen LogP contribution is -2.47. The SMILES string of the molecule is O=C1COc2cccc(C(=O)N3CCC4(CC3)OCCO4)c2N1. The number of nitrogens with one attached hydrogen (secondary N) is 1. The van der Waals surface area contributed by atoms with E-state index < -0.39 is 5.79 Å². The van der Waals surface area contributed by atoms with E-state index in [1.165, 1.54) is 0 Å². The van der Waals surface area contributed by atoms with Crippen LogP contribution in [-0.4, -0.2) is 55.4 Å². The Morgan fingerprint density at radius 2 is 1.91 bits per heavy atom. The van der Waals surface area contributed by atoms with Crippen LogP contribution in [0.2, 0.25) is 0 Å². The molecule has 0 atom stereocenters. The molecule has 7 heteroatoms. The van der Waals surface area contributed by atoms with E-state index in [-0.39, 0.29) is 18.4 Å². The van der Waals surface area contributed by atoms with E-state index in [0.717, 1.165) is 0 Å². The Morgan fingerprint density at radius 3 is 2.65 bits per heavy atom. The van der Waals surface area contributed by atoms with Gasteiger partial charge in [-0.25, -0.2) is 0 Å². The number of nitrogens with zero attached hydrogens (tertiary/aromatic N) is 1. The molecule has 1 aromatic rings. The number of benzene rings is 1. The van der Waals surface area contributed by atoms with Gasteiger partial charge in [0.2, 0.25) is 0 Å². The first-order chi connectivity index (χ1) is 11.2.